The smallest absolute Gasteiger partial charge is 0.271 e. The molecule has 156 valence electrons. The van der Waals surface area contributed by atoms with E-state index in [1.54, 1.807) is 18.2 Å². The van der Waals surface area contributed by atoms with Gasteiger partial charge in [-0.2, -0.15) is 0 Å². The second kappa shape index (κ2) is 8.95. The van der Waals surface area contributed by atoms with E-state index in [-0.39, 0.29) is 24.2 Å². The monoisotopic (exact) mass is 443 g/mol. The quantitative estimate of drug-likeness (QED) is 0.674. The molecule has 3 atom stereocenters. The predicted octanol–water partition coefficient (Wildman–Crippen LogP) is 2.50. The third-order valence-electron chi connectivity index (χ3n) is 4.56. The third-order valence-corrected chi connectivity index (χ3v) is 5.12. The van der Waals surface area contributed by atoms with Crippen LogP contribution in [0.15, 0.2) is 24.3 Å². The zero-order valence-corrected chi connectivity index (χ0v) is 18.1. The Labute approximate surface area is 171 Å². The Morgan fingerprint density at radius 2 is 2.10 bits per heavy atom. The van der Waals surface area contributed by atoms with E-state index < -0.39 is 23.9 Å². The minimum Gasteiger partial charge on any atom is -0.473 e. The second-order valence-electron chi connectivity index (χ2n) is 6.83. The minimum absolute atomic E-state index is 0.0979. The first-order valence-electron chi connectivity index (χ1n) is 9.03. The van der Waals surface area contributed by atoms with E-state index in [0.717, 1.165) is 0 Å². The van der Waals surface area contributed by atoms with Gasteiger partial charge in [0.15, 0.2) is 0 Å². The number of nitrogens with one attached hydrogen (secondary N) is 2. The Bertz CT molecular complexity index is 922. The highest BCUT2D eigenvalue weighted by atomic mass is 31.0. The van der Waals surface area contributed by atoms with E-state index in [1.165, 1.54) is 22.4 Å². The van der Waals surface area contributed by atoms with E-state index in [2.05, 4.69) is 24.9 Å². The number of carbonyl (C=O) groups is 1. The maximum Gasteiger partial charge on any atom is 0.271 e. The number of ether oxygens (including phenoxy) is 1. The number of alkyl halides is 2. The molecule has 5 nitrogen and oxygen atoms in total. The number of carbonyl (C=O) groups excluding carboxylic acids is 1. The van der Waals surface area contributed by atoms with Crippen LogP contribution in [-0.2, 0) is 6.42 Å². The summed E-state index contributed by atoms with van der Waals surface area (Å²) < 4.78 is 46.4. The summed E-state index contributed by atoms with van der Waals surface area (Å²) >= 11 is 0. The molecule has 2 aromatic rings. The summed E-state index contributed by atoms with van der Waals surface area (Å²) in [5.41, 5.74) is -1.21. The molecule has 0 saturated heterocycles. The summed E-state index contributed by atoms with van der Waals surface area (Å²) in [6.45, 7) is -0.283. The van der Waals surface area contributed by atoms with E-state index in [9.17, 15) is 18.0 Å². The molecule has 1 aromatic heterocycles. The van der Waals surface area contributed by atoms with Crippen LogP contribution in [0.4, 0.5) is 13.2 Å². The summed E-state index contributed by atoms with van der Waals surface area (Å²) in [6, 6.07) is 6.35. The van der Waals surface area contributed by atoms with Gasteiger partial charge < -0.3 is 15.4 Å². The topological polar surface area (TPSA) is 63.2 Å². The van der Waals surface area contributed by atoms with Gasteiger partial charge in [0.1, 0.15) is 17.6 Å². The standard InChI is InChI=1S/C19H22F3N3O2P2/c1-23-17(26)16-7-14(12-5-3-11(28)6-15(12)20)13-4-2-10(27-18(13)25-16)8-24-9-19(21,22)29/h3,5-7,10,24H,2,4,8-9,28-29H2,1H3,(H,23,26). The molecule has 0 spiro atoms. The van der Waals surface area contributed by atoms with Crippen LogP contribution in [0.2, 0.25) is 0 Å². The molecule has 1 aromatic carbocycles. The van der Waals surface area contributed by atoms with Crippen molar-refractivity contribution in [2.75, 3.05) is 20.1 Å². The number of pyridine rings is 1. The fourth-order valence-corrected chi connectivity index (χ4v) is 3.57. The molecule has 29 heavy (non-hydrogen) atoms. The number of halogens is 3. The van der Waals surface area contributed by atoms with Gasteiger partial charge in [-0.1, -0.05) is 21.4 Å². The zero-order valence-electron chi connectivity index (χ0n) is 15.8. The molecule has 0 aliphatic carbocycles. The second-order valence-corrected chi connectivity index (χ2v) is 8.34. The number of rotatable bonds is 6. The van der Waals surface area contributed by atoms with Gasteiger partial charge in [0, 0.05) is 24.7 Å². The van der Waals surface area contributed by atoms with Crippen molar-refractivity contribution in [2.24, 2.45) is 0 Å². The Balaban J connectivity index is 1.94. The molecular formula is C19H22F3N3O2P2. The van der Waals surface area contributed by atoms with Crippen LogP contribution in [0.3, 0.4) is 0 Å². The molecule has 0 bridgehead atoms. The van der Waals surface area contributed by atoms with Crippen molar-refractivity contribution >= 4 is 29.7 Å². The number of nitrogens with zero attached hydrogens (tertiary/aromatic N) is 1. The molecular weight excluding hydrogens is 421 g/mol. The number of hydrogen-bond donors (Lipinski definition) is 2. The molecule has 3 rings (SSSR count). The first-order valence-corrected chi connectivity index (χ1v) is 10.2. The summed E-state index contributed by atoms with van der Waals surface area (Å²) in [5, 5.41) is 5.87. The summed E-state index contributed by atoms with van der Waals surface area (Å²) in [6.07, 6.45) is 0.700. The van der Waals surface area contributed by atoms with Gasteiger partial charge in [0.2, 0.25) is 5.88 Å². The summed E-state index contributed by atoms with van der Waals surface area (Å²) in [5.74, 6) is -0.616. The average molecular weight is 443 g/mol. The Hall–Kier alpha value is -1.75. The highest BCUT2D eigenvalue weighted by Gasteiger charge is 2.28. The molecule has 3 unspecified atom stereocenters. The molecule has 0 radical (unpaired) electrons. The van der Waals surface area contributed by atoms with Crippen molar-refractivity contribution in [2.45, 2.75) is 24.6 Å². The van der Waals surface area contributed by atoms with Crippen molar-refractivity contribution in [3.63, 3.8) is 0 Å². The van der Waals surface area contributed by atoms with Crippen LogP contribution in [0, 0.1) is 5.82 Å². The van der Waals surface area contributed by atoms with Gasteiger partial charge >= 0.3 is 0 Å². The van der Waals surface area contributed by atoms with Crippen molar-refractivity contribution in [1.82, 2.24) is 15.6 Å². The molecule has 1 aliphatic heterocycles. The predicted molar refractivity (Wildman–Crippen MR) is 113 cm³/mol. The lowest BCUT2D eigenvalue weighted by Crippen LogP contribution is -2.38. The van der Waals surface area contributed by atoms with Gasteiger partial charge in [-0.3, -0.25) is 4.79 Å². The SMILES string of the molecule is CNC(=O)c1cc(-c2ccc(P)cc2F)c2c(n1)OC(CNCC(F)(F)P)CC2. The van der Waals surface area contributed by atoms with Crippen LogP contribution < -0.4 is 20.7 Å². The maximum atomic E-state index is 14.6. The Morgan fingerprint density at radius 3 is 2.76 bits per heavy atom. The van der Waals surface area contributed by atoms with Gasteiger partial charge in [-0.05, 0) is 35.8 Å². The van der Waals surface area contributed by atoms with Crippen LogP contribution in [0.25, 0.3) is 11.1 Å². The molecule has 10 heteroatoms. The van der Waals surface area contributed by atoms with Crippen LogP contribution in [0.5, 0.6) is 5.88 Å². The number of benzene rings is 1. The highest BCUT2D eigenvalue weighted by Crippen LogP contribution is 2.36. The van der Waals surface area contributed by atoms with Gasteiger partial charge in [0.05, 0.1) is 6.54 Å². The molecule has 1 amide bonds. The van der Waals surface area contributed by atoms with E-state index in [4.69, 9.17) is 4.74 Å². The Kier molecular flexibility index (Phi) is 6.77. The molecule has 2 heterocycles. The fraction of sp³-hybridized carbons (Fsp3) is 0.368. The fourth-order valence-electron chi connectivity index (χ4n) is 3.19. The summed E-state index contributed by atoms with van der Waals surface area (Å²) in [7, 11) is 5.39. The molecule has 0 saturated carbocycles. The normalized spacial score (nSPS) is 16.1. The number of aromatic nitrogens is 1. The number of hydrogen-bond acceptors (Lipinski definition) is 4. The lowest BCUT2D eigenvalue weighted by molar-refractivity contribution is 0.0925. The minimum atomic E-state index is -2.90. The molecule has 0 fully saturated rings. The van der Waals surface area contributed by atoms with E-state index >= 15 is 0 Å². The van der Waals surface area contributed by atoms with Crippen LogP contribution in [0.1, 0.15) is 22.5 Å². The lowest BCUT2D eigenvalue weighted by atomic mass is 9.94. The van der Waals surface area contributed by atoms with E-state index in [0.29, 0.717) is 34.8 Å². The zero-order chi connectivity index (χ0) is 21.2. The molecule has 1 aliphatic rings. The van der Waals surface area contributed by atoms with Crippen molar-refractivity contribution in [3.8, 4) is 17.0 Å². The largest absolute Gasteiger partial charge is 0.473 e. The first-order chi connectivity index (χ1) is 13.7. The first kappa shape index (κ1) is 21.9. The van der Waals surface area contributed by atoms with Crippen LogP contribution in [-0.4, -0.2) is 42.8 Å². The lowest BCUT2D eigenvalue weighted by Gasteiger charge is -2.28. The molecule has 2 N–H and O–H groups in total. The van der Waals surface area contributed by atoms with Crippen LogP contribution >= 0.6 is 18.5 Å². The van der Waals surface area contributed by atoms with Gasteiger partial charge in [0.25, 0.3) is 11.6 Å². The third kappa shape index (κ3) is 5.44. The maximum absolute atomic E-state index is 14.6. The number of amides is 1. The van der Waals surface area contributed by atoms with E-state index in [1.807, 2.05) is 0 Å². The van der Waals surface area contributed by atoms with Crippen molar-refractivity contribution in [3.05, 3.63) is 41.3 Å². The summed E-state index contributed by atoms with van der Waals surface area (Å²) in [4.78, 5) is 16.4. The number of fused-ring (bicyclic) bond motifs is 1. The van der Waals surface area contributed by atoms with Gasteiger partial charge in [-0.15, -0.1) is 9.24 Å². The van der Waals surface area contributed by atoms with Crippen molar-refractivity contribution < 1.29 is 22.7 Å². The van der Waals surface area contributed by atoms with Gasteiger partial charge in [-0.25, -0.2) is 18.2 Å². The van der Waals surface area contributed by atoms with Crippen molar-refractivity contribution in [1.29, 1.82) is 0 Å². The Morgan fingerprint density at radius 1 is 1.34 bits per heavy atom. The average Bonchev–Trinajstić information content (AvgIpc) is 2.65. The highest BCUT2D eigenvalue weighted by molar-refractivity contribution is 7.27.